The Bertz CT molecular complexity index is 711. The topological polar surface area (TPSA) is 74.2 Å². The Balaban J connectivity index is 1.43. The number of hydrogen-bond donors (Lipinski definition) is 3. The quantitative estimate of drug-likeness (QED) is 0.815. The number of amides is 2. The van der Waals surface area contributed by atoms with E-state index in [1.54, 1.807) is 0 Å². The van der Waals surface area contributed by atoms with Gasteiger partial charge in [0, 0.05) is 17.7 Å². The van der Waals surface area contributed by atoms with Crippen LogP contribution in [0.2, 0.25) is 0 Å². The van der Waals surface area contributed by atoms with E-state index in [1.165, 1.54) is 24.2 Å². The van der Waals surface area contributed by atoms with Crippen LogP contribution < -0.4 is 10.6 Å². The van der Waals surface area contributed by atoms with Crippen molar-refractivity contribution >= 4 is 22.5 Å². The summed E-state index contributed by atoms with van der Waals surface area (Å²) < 4.78 is 0. The van der Waals surface area contributed by atoms with Gasteiger partial charge in [-0.1, -0.05) is 24.3 Å². The van der Waals surface area contributed by atoms with Crippen molar-refractivity contribution in [2.45, 2.75) is 37.3 Å². The highest BCUT2D eigenvalue weighted by Crippen LogP contribution is 2.40. The maximum atomic E-state index is 12.2. The minimum Gasteiger partial charge on any atom is -0.390 e. The molecule has 2 aliphatic carbocycles. The van der Waals surface area contributed by atoms with Crippen LogP contribution in [0.1, 0.15) is 41.6 Å². The van der Waals surface area contributed by atoms with Gasteiger partial charge in [0.15, 0.2) is 5.13 Å². The number of fused-ring (bicyclic) bond motifs is 1. The standard InChI is InChI=1S/C16H17N3O2S/c20-13-7-10-3-1-2-4-11(10)14(13)18-15(21)19-16-17-12(8-22-16)9-5-6-9/h1-4,8-9,13-14,20H,5-7H2,(H2,17,18,19,21)/t13-,14+/m0/s1. The second-order valence-corrected chi connectivity index (χ2v) is 6.76. The van der Waals surface area contributed by atoms with Crippen LogP contribution in [0.25, 0.3) is 0 Å². The number of carbonyl (C=O) groups excluding carboxylic acids is 1. The van der Waals surface area contributed by atoms with E-state index in [2.05, 4.69) is 15.6 Å². The average Bonchev–Trinajstić information content (AvgIpc) is 3.18. The summed E-state index contributed by atoms with van der Waals surface area (Å²) in [5.74, 6) is 0.582. The van der Waals surface area contributed by atoms with Crippen LogP contribution >= 0.6 is 11.3 Å². The molecule has 0 unspecified atom stereocenters. The third-order valence-electron chi connectivity index (χ3n) is 4.23. The molecule has 1 heterocycles. The fraction of sp³-hybridized carbons (Fsp3) is 0.375. The smallest absolute Gasteiger partial charge is 0.321 e. The zero-order chi connectivity index (χ0) is 15.1. The molecule has 1 saturated carbocycles. The van der Waals surface area contributed by atoms with Gasteiger partial charge in [0.1, 0.15) is 0 Å². The highest BCUT2D eigenvalue weighted by atomic mass is 32.1. The number of thiazole rings is 1. The van der Waals surface area contributed by atoms with Gasteiger partial charge in [0.25, 0.3) is 0 Å². The van der Waals surface area contributed by atoms with Gasteiger partial charge in [0.05, 0.1) is 17.8 Å². The molecule has 0 saturated heterocycles. The SMILES string of the molecule is O=C(Nc1nc(C2CC2)cs1)N[C@@H]1c2ccccc2C[C@@H]1O. The highest BCUT2D eigenvalue weighted by molar-refractivity contribution is 7.13. The number of aliphatic hydroxyl groups excluding tert-OH is 1. The minimum atomic E-state index is -0.582. The van der Waals surface area contributed by atoms with E-state index in [9.17, 15) is 9.90 Å². The Labute approximate surface area is 132 Å². The van der Waals surface area contributed by atoms with Crippen LogP contribution in [0.5, 0.6) is 0 Å². The summed E-state index contributed by atoms with van der Waals surface area (Å²) in [4.78, 5) is 16.6. The van der Waals surface area contributed by atoms with Crippen LogP contribution in [-0.4, -0.2) is 22.2 Å². The maximum Gasteiger partial charge on any atom is 0.321 e. The maximum absolute atomic E-state index is 12.2. The summed E-state index contributed by atoms with van der Waals surface area (Å²) in [6.45, 7) is 0. The van der Waals surface area contributed by atoms with E-state index in [1.807, 2.05) is 29.6 Å². The molecular formula is C16H17N3O2S. The highest BCUT2D eigenvalue weighted by Gasteiger charge is 2.32. The summed E-state index contributed by atoms with van der Waals surface area (Å²) in [6.07, 6.45) is 2.38. The number of urea groups is 1. The van der Waals surface area contributed by atoms with Gasteiger partial charge in [-0.25, -0.2) is 9.78 Å². The molecule has 0 radical (unpaired) electrons. The van der Waals surface area contributed by atoms with Crippen molar-refractivity contribution in [1.29, 1.82) is 0 Å². The predicted molar refractivity (Wildman–Crippen MR) is 85.1 cm³/mol. The third-order valence-corrected chi connectivity index (χ3v) is 5.00. The summed E-state index contributed by atoms with van der Waals surface area (Å²) in [7, 11) is 0. The van der Waals surface area contributed by atoms with Gasteiger partial charge < -0.3 is 10.4 Å². The van der Waals surface area contributed by atoms with Crippen molar-refractivity contribution in [1.82, 2.24) is 10.3 Å². The van der Waals surface area contributed by atoms with E-state index < -0.39 is 6.10 Å². The number of nitrogens with zero attached hydrogens (tertiary/aromatic N) is 1. The predicted octanol–water partition coefficient (Wildman–Crippen LogP) is 2.80. The molecule has 22 heavy (non-hydrogen) atoms. The summed E-state index contributed by atoms with van der Waals surface area (Å²) in [6, 6.07) is 7.12. The zero-order valence-corrected chi connectivity index (χ0v) is 12.8. The molecule has 2 aromatic rings. The van der Waals surface area contributed by atoms with Crippen molar-refractivity contribution in [3.05, 3.63) is 46.5 Å². The number of rotatable bonds is 3. The summed E-state index contributed by atoms with van der Waals surface area (Å²) in [5.41, 5.74) is 3.15. The lowest BCUT2D eigenvalue weighted by Crippen LogP contribution is -2.36. The van der Waals surface area contributed by atoms with Gasteiger partial charge in [-0.2, -0.15) is 0 Å². The van der Waals surface area contributed by atoms with Crippen molar-refractivity contribution in [2.24, 2.45) is 0 Å². The molecule has 5 nitrogen and oxygen atoms in total. The van der Waals surface area contributed by atoms with Crippen molar-refractivity contribution < 1.29 is 9.90 Å². The number of aliphatic hydroxyl groups is 1. The van der Waals surface area contributed by atoms with Crippen LogP contribution in [0.15, 0.2) is 29.6 Å². The Morgan fingerprint density at radius 1 is 1.32 bits per heavy atom. The Kier molecular flexibility index (Phi) is 3.35. The van der Waals surface area contributed by atoms with E-state index in [4.69, 9.17) is 0 Å². The van der Waals surface area contributed by atoms with Crippen molar-refractivity contribution in [2.75, 3.05) is 5.32 Å². The average molecular weight is 315 g/mol. The molecule has 2 amide bonds. The molecule has 1 aromatic heterocycles. The lowest BCUT2D eigenvalue weighted by molar-refractivity contribution is 0.144. The zero-order valence-electron chi connectivity index (χ0n) is 12.0. The van der Waals surface area contributed by atoms with E-state index in [0.717, 1.165) is 16.8 Å². The molecule has 3 N–H and O–H groups in total. The van der Waals surface area contributed by atoms with Crippen LogP contribution in [0, 0.1) is 0 Å². The molecule has 114 valence electrons. The molecule has 4 rings (SSSR count). The van der Waals surface area contributed by atoms with Crippen molar-refractivity contribution in [3.63, 3.8) is 0 Å². The van der Waals surface area contributed by atoms with Crippen LogP contribution in [-0.2, 0) is 6.42 Å². The molecule has 0 spiro atoms. The lowest BCUT2D eigenvalue weighted by atomic mass is 10.1. The van der Waals surface area contributed by atoms with Gasteiger partial charge in [-0.15, -0.1) is 11.3 Å². The molecule has 0 aliphatic heterocycles. The molecule has 0 bridgehead atoms. The molecule has 2 aliphatic rings. The number of carbonyl (C=O) groups is 1. The first-order chi connectivity index (χ1) is 10.7. The van der Waals surface area contributed by atoms with Crippen molar-refractivity contribution in [3.8, 4) is 0 Å². The monoisotopic (exact) mass is 315 g/mol. The largest absolute Gasteiger partial charge is 0.390 e. The Hall–Kier alpha value is -1.92. The fourth-order valence-corrected chi connectivity index (χ4v) is 3.72. The fourth-order valence-electron chi connectivity index (χ4n) is 2.93. The molecular weight excluding hydrogens is 298 g/mol. The number of aromatic nitrogens is 1. The lowest BCUT2D eigenvalue weighted by Gasteiger charge is -2.17. The van der Waals surface area contributed by atoms with Crippen LogP contribution in [0.3, 0.4) is 0 Å². The van der Waals surface area contributed by atoms with Gasteiger partial charge in [-0.3, -0.25) is 5.32 Å². The van der Waals surface area contributed by atoms with E-state index in [0.29, 0.717) is 17.5 Å². The third kappa shape index (κ3) is 2.60. The number of anilines is 1. The number of hydrogen-bond acceptors (Lipinski definition) is 4. The summed E-state index contributed by atoms with van der Waals surface area (Å²) >= 11 is 1.44. The minimum absolute atomic E-state index is 0.322. The van der Waals surface area contributed by atoms with Gasteiger partial charge in [0.2, 0.25) is 0 Å². The second kappa shape index (κ2) is 5.37. The summed E-state index contributed by atoms with van der Waals surface area (Å²) in [5, 5.41) is 18.4. The van der Waals surface area contributed by atoms with E-state index in [-0.39, 0.29) is 12.1 Å². The molecule has 6 heteroatoms. The Morgan fingerprint density at radius 3 is 2.95 bits per heavy atom. The molecule has 2 atom stereocenters. The van der Waals surface area contributed by atoms with E-state index >= 15 is 0 Å². The van der Waals surface area contributed by atoms with Gasteiger partial charge in [-0.05, 0) is 24.0 Å². The first-order valence-electron chi connectivity index (χ1n) is 7.49. The normalized spacial score (nSPS) is 23.1. The second-order valence-electron chi connectivity index (χ2n) is 5.90. The number of benzene rings is 1. The first-order valence-corrected chi connectivity index (χ1v) is 8.37. The molecule has 1 aromatic carbocycles. The van der Waals surface area contributed by atoms with Crippen LogP contribution in [0.4, 0.5) is 9.93 Å². The first kappa shape index (κ1) is 13.7. The molecule has 1 fully saturated rings. The van der Waals surface area contributed by atoms with Gasteiger partial charge >= 0.3 is 6.03 Å². The number of nitrogens with one attached hydrogen (secondary N) is 2. The Morgan fingerprint density at radius 2 is 2.14 bits per heavy atom.